The molecule has 1 rings (SSSR count). The Morgan fingerprint density at radius 3 is 1.70 bits per heavy atom. The summed E-state index contributed by atoms with van der Waals surface area (Å²) in [7, 11) is 1.40. The van der Waals surface area contributed by atoms with Gasteiger partial charge in [-0.15, -0.1) is 0 Å². The fourth-order valence-electron chi connectivity index (χ4n) is 2.33. The van der Waals surface area contributed by atoms with Crippen molar-refractivity contribution in [2.75, 3.05) is 7.11 Å². The molecule has 0 saturated carbocycles. The molecule has 0 radical (unpaired) electrons. The van der Waals surface area contributed by atoms with Gasteiger partial charge in [0, 0.05) is 6.42 Å². The number of ether oxygens (including phenoxy) is 1. The van der Waals surface area contributed by atoms with E-state index in [2.05, 4.69) is 41.5 Å². The third-order valence-corrected chi connectivity index (χ3v) is 3.63. The van der Waals surface area contributed by atoms with E-state index in [0.29, 0.717) is 18.6 Å². The molecule has 3 nitrogen and oxygen atoms in total. The molecular formula is C20H36O3. The van der Waals surface area contributed by atoms with Gasteiger partial charge in [0.1, 0.15) is 5.75 Å². The lowest BCUT2D eigenvalue weighted by Crippen LogP contribution is -2.18. The highest BCUT2D eigenvalue weighted by Gasteiger charge is 2.26. The Morgan fingerprint density at radius 2 is 1.39 bits per heavy atom. The summed E-state index contributed by atoms with van der Waals surface area (Å²) < 4.78 is 4.70. The van der Waals surface area contributed by atoms with Gasteiger partial charge in [-0.1, -0.05) is 68.5 Å². The van der Waals surface area contributed by atoms with Crippen molar-refractivity contribution < 1.29 is 14.6 Å². The van der Waals surface area contributed by atoms with Gasteiger partial charge in [0.05, 0.1) is 7.11 Å². The fourth-order valence-corrected chi connectivity index (χ4v) is 2.33. The molecule has 0 aliphatic rings. The standard InChI is InChI=1S/C18H28O3.2CH4/c1-17(2,3)13-10-12(8-9-15(19)21-7)11-14(16(13)20)18(4,5)6;;/h10-11,20H,8-9H2,1-7H3;2*1H4. The molecule has 0 heterocycles. The Labute approximate surface area is 143 Å². The number of carbonyl (C=O) groups is 1. The van der Waals surface area contributed by atoms with Crippen LogP contribution in [0.4, 0.5) is 0 Å². The first-order valence-electron chi connectivity index (χ1n) is 7.40. The van der Waals surface area contributed by atoms with E-state index < -0.39 is 0 Å². The van der Waals surface area contributed by atoms with E-state index >= 15 is 0 Å². The molecule has 0 aliphatic carbocycles. The molecule has 3 heteroatoms. The van der Waals surface area contributed by atoms with Crippen LogP contribution in [0.1, 0.15) is 79.5 Å². The molecule has 0 spiro atoms. The van der Waals surface area contributed by atoms with Crippen LogP contribution in [0.15, 0.2) is 12.1 Å². The van der Waals surface area contributed by atoms with Gasteiger partial charge in [-0.2, -0.15) is 0 Å². The smallest absolute Gasteiger partial charge is 0.305 e. The summed E-state index contributed by atoms with van der Waals surface area (Å²) in [4.78, 5) is 11.3. The lowest BCUT2D eigenvalue weighted by atomic mass is 9.78. The zero-order valence-electron chi connectivity index (χ0n) is 14.3. The SMILES string of the molecule is C.C.COC(=O)CCc1cc(C(C)(C)C)c(O)c(C(C)(C)C)c1. The number of hydrogen-bond acceptors (Lipinski definition) is 3. The number of hydrogen-bond donors (Lipinski definition) is 1. The van der Waals surface area contributed by atoms with Gasteiger partial charge in [-0.3, -0.25) is 4.79 Å². The number of esters is 1. The van der Waals surface area contributed by atoms with Gasteiger partial charge in [0.25, 0.3) is 0 Å². The molecule has 0 aromatic heterocycles. The Kier molecular flexibility index (Phi) is 8.65. The minimum absolute atomic E-state index is 0. The predicted molar refractivity (Wildman–Crippen MR) is 99.3 cm³/mol. The van der Waals surface area contributed by atoms with E-state index in [0.717, 1.165) is 16.7 Å². The van der Waals surface area contributed by atoms with Crippen LogP contribution in [-0.2, 0) is 26.8 Å². The predicted octanol–water partition coefficient (Wildman–Crippen LogP) is 5.37. The topological polar surface area (TPSA) is 46.5 Å². The van der Waals surface area contributed by atoms with Crippen LogP contribution < -0.4 is 0 Å². The summed E-state index contributed by atoms with van der Waals surface area (Å²) in [5.74, 6) is 0.162. The van der Waals surface area contributed by atoms with Crippen LogP contribution >= 0.6 is 0 Å². The van der Waals surface area contributed by atoms with Crippen molar-refractivity contribution in [2.24, 2.45) is 0 Å². The van der Waals surface area contributed by atoms with E-state index in [9.17, 15) is 9.90 Å². The second kappa shape index (κ2) is 8.37. The van der Waals surface area contributed by atoms with Gasteiger partial charge in [-0.05, 0) is 33.9 Å². The number of carbonyl (C=O) groups excluding carboxylic acids is 1. The maximum absolute atomic E-state index is 11.3. The number of aromatic hydroxyl groups is 1. The van der Waals surface area contributed by atoms with Gasteiger partial charge in [0.15, 0.2) is 0 Å². The van der Waals surface area contributed by atoms with Gasteiger partial charge in [-0.25, -0.2) is 0 Å². The summed E-state index contributed by atoms with van der Waals surface area (Å²) in [5.41, 5.74) is 2.62. The highest BCUT2D eigenvalue weighted by Crippen LogP contribution is 2.39. The zero-order chi connectivity index (χ0) is 16.4. The van der Waals surface area contributed by atoms with E-state index in [1.54, 1.807) is 0 Å². The number of phenols is 1. The number of rotatable bonds is 3. The largest absolute Gasteiger partial charge is 0.507 e. The van der Waals surface area contributed by atoms with Crippen molar-refractivity contribution in [1.29, 1.82) is 0 Å². The van der Waals surface area contributed by atoms with Crippen molar-refractivity contribution in [1.82, 2.24) is 0 Å². The minimum Gasteiger partial charge on any atom is -0.507 e. The Bertz CT molecular complexity index is 482. The first-order chi connectivity index (χ1) is 9.46. The van der Waals surface area contributed by atoms with Crippen LogP contribution in [0.2, 0.25) is 0 Å². The van der Waals surface area contributed by atoms with Crippen LogP contribution in [0, 0.1) is 0 Å². The van der Waals surface area contributed by atoms with Crippen LogP contribution in [0.5, 0.6) is 5.75 Å². The monoisotopic (exact) mass is 324 g/mol. The summed E-state index contributed by atoms with van der Waals surface area (Å²) in [5, 5.41) is 10.6. The van der Waals surface area contributed by atoms with Crippen LogP contribution in [-0.4, -0.2) is 18.2 Å². The number of methoxy groups -OCH3 is 1. The highest BCUT2D eigenvalue weighted by molar-refractivity contribution is 5.69. The van der Waals surface area contributed by atoms with E-state index in [1.807, 2.05) is 12.1 Å². The quantitative estimate of drug-likeness (QED) is 0.761. The lowest BCUT2D eigenvalue weighted by Gasteiger charge is -2.28. The van der Waals surface area contributed by atoms with Gasteiger partial charge < -0.3 is 9.84 Å². The molecule has 1 aromatic rings. The average Bonchev–Trinajstić information content (AvgIpc) is 2.34. The third kappa shape index (κ3) is 6.25. The first-order valence-corrected chi connectivity index (χ1v) is 7.40. The maximum atomic E-state index is 11.3. The molecule has 0 fully saturated rings. The zero-order valence-corrected chi connectivity index (χ0v) is 14.3. The Morgan fingerprint density at radius 1 is 1.00 bits per heavy atom. The van der Waals surface area contributed by atoms with Crippen LogP contribution in [0.3, 0.4) is 0 Å². The molecule has 1 N–H and O–H groups in total. The molecule has 1 aromatic carbocycles. The summed E-state index contributed by atoms with van der Waals surface area (Å²) in [6.07, 6.45) is 0.980. The lowest BCUT2D eigenvalue weighted by molar-refractivity contribution is -0.140. The molecule has 0 saturated heterocycles. The van der Waals surface area contributed by atoms with E-state index in [-0.39, 0.29) is 31.7 Å². The van der Waals surface area contributed by atoms with Crippen molar-refractivity contribution in [3.05, 3.63) is 28.8 Å². The van der Waals surface area contributed by atoms with Crippen molar-refractivity contribution >= 4 is 5.97 Å². The molecule has 23 heavy (non-hydrogen) atoms. The van der Waals surface area contributed by atoms with E-state index in [4.69, 9.17) is 4.74 Å². The number of phenolic OH excluding ortho intramolecular Hbond substituents is 1. The van der Waals surface area contributed by atoms with Gasteiger partial charge >= 0.3 is 5.97 Å². The molecule has 0 bridgehead atoms. The molecule has 0 atom stereocenters. The summed E-state index contributed by atoms with van der Waals surface area (Å²) >= 11 is 0. The van der Waals surface area contributed by atoms with Crippen molar-refractivity contribution in [3.63, 3.8) is 0 Å². The third-order valence-electron chi connectivity index (χ3n) is 3.63. The van der Waals surface area contributed by atoms with E-state index in [1.165, 1.54) is 7.11 Å². The fraction of sp³-hybridized carbons (Fsp3) is 0.650. The molecular weight excluding hydrogens is 288 g/mol. The first kappa shape index (κ1) is 23.8. The minimum atomic E-state index is -0.210. The number of aryl methyl sites for hydroxylation is 1. The Balaban J connectivity index is 0. The van der Waals surface area contributed by atoms with Gasteiger partial charge in [0.2, 0.25) is 0 Å². The second-order valence-electron chi connectivity index (χ2n) is 7.62. The molecule has 134 valence electrons. The summed E-state index contributed by atoms with van der Waals surface area (Å²) in [6, 6.07) is 4.01. The summed E-state index contributed by atoms with van der Waals surface area (Å²) in [6.45, 7) is 12.5. The molecule has 0 unspecified atom stereocenters. The normalized spacial score (nSPS) is 11.3. The van der Waals surface area contributed by atoms with Crippen molar-refractivity contribution in [2.45, 2.75) is 80.1 Å². The second-order valence-corrected chi connectivity index (χ2v) is 7.62. The van der Waals surface area contributed by atoms with Crippen LogP contribution in [0.25, 0.3) is 0 Å². The number of benzene rings is 1. The Hall–Kier alpha value is -1.51. The van der Waals surface area contributed by atoms with Crippen molar-refractivity contribution in [3.8, 4) is 5.75 Å². The molecule has 0 amide bonds. The average molecular weight is 325 g/mol. The maximum Gasteiger partial charge on any atom is 0.305 e. The highest BCUT2D eigenvalue weighted by atomic mass is 16.5. The molecule has 0 aliphatic heterocycles.